The number of nitrogens with two attached hydrogens (primary N) is 1. The Morgan fingerprint density at radius 3 is 2.67 bits per heavy atom. The van der Waals surface area contributed by atoms with E-state index in [4.69, 9.17) is 5.73 Å². The number of carbonyl (C=O) groups excluding carboxylic acids is 2. The van der Waals surface area contributed by atoms with E-state index in [9.17, 15) is 19.7 Å². The van der Waals surface area contributed by atoms with Gasteiger partial charge in [-0.05, 0) is 12.1 Å². The molecular formula is C11H10N2O5. The van der Waals surface area contributed by atoms with Crippen LogP contribution < -0.4 is 5.73 Å². The molecule has 0 aromatic heterocycles. The van der Waals surface area contributed by atoms with Crippen LogP contribution >= 0.6 is 0 Å². The number of benzene rings is 1. The van der Waals surface area contributed by atoms with Gasteiger partial charge in [0.15, 0.2) is 6.61 Å². The summed E-state index contributed by atoms with van der Waals surface area (Å²) in [5.41, 5.74) is 4.92. The molecule has 0 aliphatic heterocycles. The SMILES string of the molecule is NC(=O)COC(=O)C=Cc1ccccc1[N+](=O)[O-]. The molecule has 0 fully saturated rings. The minimum Gasteiger partial charge on any atom is -0.452 e. The molecule has 0 radical (unpaired) electrons. The zero-order valence-electron chi connectivity index (χ0n) is 9.24. The number of ether oxygens (including phenoxy) is 1. The summed E-state index contributed by atoms with van der Waals surface area (Å²) in [5.74, 6) is -1.57. The van der Waals surface area contributed by atoms with Crippen molar-refractivity contribution in [2.24, 2.45) is 5.73 Å². The Bertz CT molecular complexity index is 510. The van der Waals surface area contributed by atoms with Crippen LogP contribution in [0.5, 0.6) is 0 Å². The molecule has 18 heavy (non-hydrogen) atoms. The normalized spacial score (nSPS) is 10.2. The number of nitro groups is 1. The molecule has 7 heteroatoms. The molecule has 7 nitrogen and oxygen atoms in total. The summed E-state index contributed by atoms with van der Waals surface area (Å²) in [6.07, 6.45) is 2.23. The lowest BCUT2D eigenvalue weighted by Gasteiger charge is -1.98. The van der Waals surface area contributed by atoms with Gasteiger partial charge in [0.1, 0.15) is 0 Å². The van der Waals surface area contributed by atoms with Gasteiger partial charge in [0.05, 0.1) is 10.5 Å². The van der Waals surface area contributed by atoms with Gasteiger partial charge in [0, 0.05) is 12.1 Å². The Kier molecular flexibility index (Phi) is 4.56. The second kappa shape index (κ2) is 6.14. The van der Waals surface area contributed by atoms with Gasteiger partial charge in [-0.3, -0.25) is 14.9 Å². The maximum atomic E-state index is 11.1. The molecule has 0 atom stereocenters. The van der Waals surface area contributed by atoms with Crippen LogP contribution in [-0.2, 0) is 14.3 Å². The average molecular weight is 250 g/mol. The van der Waals surface area contributed by atoms with Gasteiger partial charge in [-0.1, -0.05) is 12.1 Å². The standard InChI is InChI=1S/C11H10N2O5/c12-10(14)7-18-11(15)6-5-8-3-1-2-4-9(8)13(16)17/h1-6H,7H2,(H2,12,14). The number of primary amides is 1. The number of nitrogens with zero attached hydrogens (tertiary/aromatic N) is 1. The molecule has 0 aliphatic rings. The summed E-state index contributed by atoms with van der Waals surface area (Å²) in [6, 6.07) is 5.91. The number of hydrogen-bond donors (Lipinski definition) is 1. The van der Waals surface area contributed by atoms with Crippen molar-refractivity contribution in [2.45, 2.75) is 0 Å². The summed E-state index contributed by atoms with van der Waals surface area (Å²) < 4.78 is 4.46. The van der Waals surface area contributed by atoms with Crippen LogP contribution in [0.1, 0.15) is 5.56 Å². The minimum absolute atomic E-state index is 0.128. The second-order valence-corrected chi connectivity index (χ2v) is 3.22. The first kappa shape index (κ1) is 13.4. The molecule has 0 saturated heterocycles. The number of para-hydroxylation sites is 1. The van der Waals surface area contributed by atoms with Crippen LogP contribution in [0.3, 0.4) is 0 Å². The smallest absolute Gasteiger partial charge is 0.331 e. The fourth-order valence-corrected chi connectivity index (χ4v) is 1.14. The highest BCUT2D eigenvalue weighted by atomic mass is 16.6. The zero-order chi connectivity index (χ0) is 13.5. The Morgan fingerprint density at radius 1 is 1.39 bits per heavy atom. The van der Waals surface area contributed by atoms with Crippen LogP contribution in [0.2, 0.25) is 0 Å². The van der Waals surface area contributed by atoms with E-state index in [2.05, 4.69) is 4.74 Å². The van der Waals surface area contributed by atoms with Crippen LogP contribution in [0, 0.1) is 10.1 Å². The first-order valence-electron chi connectivity index (χ1n) is 4.87. The lowest BCUT2D eigenvalue weighted by atomic mass is 10.1. The van der Waals surface area contributed by atoms with Gasteiger partial charge in [0.2, 0.25) is 0 Å². The van der Waals surface area contributed by atoms with E-state index in [-0.39, 0.29) is 11.3 Å². The average Bonchev–Trinajstić information content (AvgIpc) is 2.34. The summed E-state index contributed by atoms with van der Waals surface area (Å²) in [5, 5.41) is 10.7. The first-order chi connectivity index (χ1) is 8.50. The monoisotopic (exact) mass is 250 g/mol. The van der Waals surface area contributed by atoms with E-state index in [1.54, 1.807) is 6.07 Å². The third kappa shape index (κ3) is 4.05. The van der Waals surface area contributed by atoms with Crippen LogP contribution in [0.4, 0.5) is 5.69 Å². The van der Waals surface area contributed by atoms with E-state index in [0.29, 0.717) is 0 Å². The van der Waals surface area contributed by atoms with Crippen molar-refractivity contribution >= 4 is 23.6 Å². The van der Waals surface area contributed by atoms with Crippen LogP contribution in [-0.4, -0.2) is 23.4 Å². The Labute approximate surface area is 102 Å². The van der Waals surface area contributed by atoms with Gasteiger partial charge >= 0.3 is 5.97 Å². The number of esters is 1. The highest BCUT2D eigenvalue weighted by Crippen LogP contribution is 2.18. The Balaban J connectivity index is 2.75. The van der Waals surface area contributed by atoms with Crippen LogP contribution in [0.25, 0.3) is 6.08 Å². The van der Waals surface area contributed by atoms with Crippen LogP contribution in [0.15, 0.2) is 30.3 Å². The third-order valence-electron chi connectivity index (χ3n) is 1.89. The van der Waals surface area contributed by atoms with E-state index in [1.807, 2.05) is 0 Å². The molecule has 1 amide bonds. The first-order valence-corrected chi connectivity index (χ1v) is 4.87. The molecular weight excluding hydrogens is 240 g/mol. The summed E-state index contributed by atoms with van der Waals surface area (Å²) in [7, 11) is 0. The van der Waals surface area contributed by atoms with Crippen molar-refractivity contribution in [1.29, 1.82) is 0 Å². The molecule has 94 valence electrons. The summed E-state index contributed by atoms with van der Waals surface area (Å²) in [6.45, 7) is -0.528. The fraction of sp³-hybridized carbons (Fsp3) is 0.0909. The topological polar surface area (TPSA) is 113 Å². The minimum atomic E-state index is -0.799. The maximum absolute atomic E-state index is 11.1. The van der Waals surface area contributed by atoms with Gasteiger partial charge < -0.3 is 10.5 Å². The summed E-state index contributed by atoms with van der Waals surface area (Å²) in [4.78, 5) is 31.6. The van der Waals surface area contributed by atoms with Crippen molar-refractivity contribution in [3.8, 4) is 0 Å². The molecule has 0 bridgehead atoms. The number of hydrogen-bond acceptors (Lipinski definition) is 5. The Hall–Kier alpha value is -2.70. The number of nitro benzene ring substituents is 1. The maximum Gasteiger partial charge on any atom is 0.331 e. The van der Waals surface area contributed by atoms with Gasteiger partial charge in [-0.15, -0.1) is 0 Å². The molecule has 1 aromatic carbocycles. The Morgan fingerprint density at radius 2 is 2.06 bits per heavy atom. The van der Waals surface area contributed by atoms with E-state index >= 15 is 0 Å². The second-order valence-electron chi connectivity index (χ2n) is 3.22. The highest BCUT2D eigenvalue weighted by Gasteiger charge is 2.10. The molecule has 0 unspecified atom stereocenters. The van der Waals surface area contributed by atoms with E-state index < -0.39 is 23.4 Å². The lowest BCUT2D eigenvalue weighted by Crippen LogP contribution is -2.19. The quantitative estimate of drug-likeness (QED) is 0.356. The molecule has 1 aromatic rings. The molecule has 1 rings (SSSR count). The van der Waals surface area contributed by atoms with E-state index in [0.717, 1.165) is 6.08 Å². The largest absolute Gasteiger partial charge is 0.452 e. The fourth-order valence-electron chi connectivity index (χ4n) is 1.14. The number of carbonyl (C=O) groups is 2. The molecule has 2 N–H and O–H groups in total. The van der Waals surface area contributed by atoms with E-state index in [1.165, 1.54) is 24.3 Å². The predicted molar refractivity (Wildman–Crippen MR) is 62.3 cm³/mol. The van der Waals surface area contributed by atoms with Gasteiger partial charge in [-0.2, -0.15) is 0 Å². The van der Waals surface area contributed by atoms with Crippen molar-refractivity contribution < 1.29 is 19.2 Å². The van der Waals surface area contributed by atoms with Gasteiger partial charge in [0.25, 0.3) is 11.6 Å². The highest BCUT2D eigenvalue weighted by molar-refractivity contribution is 5.89. The van der Waals surface area contributed by atoms with Gasteiger partial charge in [-0.25, -0.2) is 4.79 Å². The summed E-state index contributed by atoms with van der Waals surface area (Å²) >= 11 is 0. The molecule has 0 saturated carbocycles. The van der Waals surface area contributed by atoms with Crippen molar-refractivity contribution in [1.82, 2.24) is 0 Å². The zero-order valence-corrected chi connectivity index (χ0v) is 9.24. The molecule has 0 heterocycles. The third-order valence-corrected chi connectivity index (χ3v) is 1.89. The molecule has 0 aliphatic carbocycles. The van der Waals surface area contributed by atoms with Crippen molar-refractivity contribution in [3.05, 3.63) is 46.0 Å². The molecule has 0 spiro atoms. The number of rotatable bonds is 5. The lowest BCUT2D eigenvalue weighted by molar-refractivity contribution is -0.385. The van der Waals surface area contributed by atoms with Crippen molar-refractivity contribution in [2.75, 3.05) is 6.61 Å². The number of amides is 1. The van der Waals surface area contributed by atoms with Crippen molar-refractivity contribution in [3.63, 3.8) is 0 Å². The predicted octanol–water partition coefficient (Wildman–Crippen LogP) is 0.636.